The van der Waals surface area contributed by atoms with Crippen molar-refractivity contribution in [2.75, 3.05) is 7.11 Å². The molecular formula is C11H15NO6S2. The summed E-state index contributed by atoms with van der Waals surface area (Å²) in [6.07, 6.45) is 0. The van der Waals surface area contributed by atoms with Crippen molar-refractivity contribution in [2.24, 2.45) is 5.92 Å². The molecule has 0 bridgehead atoms. The van der Waals surface area contributed by atoms with Gasteiger partial charge in [-0.1, -0.05) is 13.8 Å². The summed E-state index contributed by atoms with van der Waals surface area (Å²) in [5.74, 6) is -2.50. The average molecular weight is 321 g/mol. The topological polar surface area (TPSA) is 110 Å². The number of hydrogen-bond acceptors (Lipinski definition) is 6. The zero-order valence-electron chi connectivity index (χ0n) is 11.1. The van der Waals surface area contributed by atoms with Crippen molar-refractivity contribution in [3.8, 4) is 0 Å². The number of sulfonamides is 1. The van der Waals surface area contributed by atoms with Crippen LogP contribution < -0.4 is 4.72 Å². The van der Waals surface area contributed by atoms with E-state index in [1.165, 1.54) is 11.4 Å². The summed E-state index contributed by atoms with van der Waals surface area (Å²) in [5.41, 5.74) is 0. The minimum absolute atomic E-state index is 0.0899. The quantitative estimate of drug-likeness (QED) is 0.754. The molecule has 0 spiro atoms. The summed E-state index contributed by atoms with van der Waals surface area (Å²) < 4.78 is 30.9. The molecular weight excluding hydrogens is 306 g/mol. The summed E-state index contributed by atoms with van der Waals surface area (Å²) in [7, 11) is -2.97. The molecule has 2 N–H and O–H groups in total. The van der Waals surface area contributed by atoms with Gasteiger partial charge >= 0.3 is 11.9 Å². The highest BCUT2D eigenvalue weighted by molar-refractivity contribution is 7.89. The highest BCUT2D eigenvalue weighted by atomic mass is 32.2. The van der Waals surface area contributed by atoms with Gasteiger partial charge < -0.3 is 9.84 Å². The van der Waals surface area contributed by atoms with Crippen LogP contribution in [0.5, 0.6) is 0 Å². The third kappa shape index (κ3) is 3.56. The fourth-order valence-corrected chi connectivity index (χ4v) is 4.13. The molecule has 0 saturated carbocycles. The first-order valence-corrected chi connectivity index (χ1v) is 7.98. The van der Waals surface area contributed by atoms with E-state index in [2.05, 4.69) is 9.46 Å². The third-order valence-corrected chi connectivity index (χ3v) is 5.01. The zero-order chi connectivity index (χ0) is 15.5. The van der Waals surface area contributed by atoms with E-state index in [0.29, 0.717) is 0 Å². The fraction of sp³-hybridized carbons (Fsp3) is 0.455. The predicted octanol–water partition coefficient (Wildman–Crippen LogP) is 0.922. The van der Waals surface area contributed by atoms with Crippen molar-refractivity contribution in [3.05, 3.63) is 16.3 Å². The molecule has 7 nitrogen and oxygen atoms in total. The van der Waals surface area contributed by atoms with Crippen LogP contribution in [0, 0.1) is 5.92 Å². The first-order chi connectivity index (χ1) is 9.20. The van der Waals surface area contributed by atoms with E-state index in [4.69, 9.17) is 5.11 Å². The van der Waals surface area contributed by atoms with Gasteiger partial charge in [0, 0.05) is 0 Å². The van der Waals surface area contributed by atoms with E-state index in [1.54, 1.807) is 13.8 Å². The zero-order valence-corrected chi connectivity index (χ0v) is 12.7. The lowest BCUT2D eigenvalue weighted by Gasteiger charge is -2.17. The molecule has 1 aromatic heterocycles. The SMILES string of the molecule is COC(=O)c1sccc1S(=O)(=O)NC(C(=O)O)C(C)C. The van der Waals surface area contributed by atoms with Crippen LogP contribution in [0.15, 0.2) is 16.3 Å². The van der Waals surface area contributed by atoms with Gasteiger partial charge in [0.15, 0.2) is 0 Å². The molecule has 0 saturated heterocycles. The maximum absolute atomic E-state index is 12.2. The molecule has 0 aliphatic rings. The molecule has 1 rings (SSSR count). The van der Waals surface area contributed by atoms with Crippen LogP contribution in [0.4, 0.5) is 0 Å². The van der Waals surface area contributed by atoms with Gasteiger partial charge in [0.2, 0.25) is 10.0 Å². The van der Waals surface area contributed by atoms with Gasteiger partial charge in [-0.15, -0.1) is 11.3 Å². The number of methoxy groups -OCH3 is 1. The summed E-state index contributed by atoms with van der Waals surface area (Å²) in [4.78, 5) is 22.2. The van der Waals surface area contributed by atoms with E-state index in [0.717, 1.165) is 18.4 Å². The smallest absolute Gasteiger partial charge is 0.349 e. The molecule has 0 radical (unpaired) electrons. The number of carbonyl (C=O) groups excluding carboxylic acids is 1. The molecule has 1 aromatic rings. The lowest BCUT2D eigenvalue weighted by molar-refractivity contribution is -0.140. The van der Waals surface area contributed by atoms with Gasteiger partial charge in [-0.05, 0) is 17.4 Å². The van der Waals surface area contributed by atoms with Gasteiger partial charge in [0.1, 0.15) is 15.8 Å². The molecule has 20 heavy (non-hydrogen) atoms. The molecule has 1 heterocycles. The molecule has 0 fully saturated rings. The first kappa shape index (κ1) is 16.6. The van der Waals surface area contributed by atoms with Crippen LogP contribution in [0.25, 0.3) is 0 Å². The van der Waals surface area contributed by atoms with Crippen molar-refractivity contribution in [1.29, 1.82) is 0 Å². The van der Waals surface area contributed by atoms with Gasteiger partial charge in [-0.25, -0.2) is 13.2 Å². The van der Waals surface area contributed by atoms with E-state index in [-0.39, 0.29) is 9.77 Å². The van der Waals surface area contributed by atoms with Crippen molar-refractivity contribution in [3.63, 3.8) is 0 Å². The number of esters is 1. The van der Waals surface area contributed by atoms with Gasteiger partial charge in [-0.3, -0.25) is 4.79 Å². The molecule has 0 aliphatic carbocycles. The standard InChI is InChI=1S/C11H15NO6S2/c1-6(2)8(10(13)14)12-20(16,17)7-4-5-19-9(7)11(15)18-3/h4-6,8,12H,1-3H3,(H,13,14). The minimum Gasteiger partial charge on any atom is -0.480 e. The normalized spacial score (nSPS) is 13.2. The Labute approximate surface area is 120 Å². The highest BCUT2D eigenvalue weighted by Crippen LogP contribution is 2.23. The lowest BCUT2D eigenvalue weighted by atomic mass is 10.1. The molecule has 0 aromatic carbocycles. The molecule has 112 valence electrons. The van der Waals surface area contributed by atoms with E-state index < -0.39 is 33.9 Å². The second-order valence-electron chi connectivity index (χ2n) is 4.29. The number of carboxylic acids is 1. The number of aliphatic carboxylic acids is 1. The van der Waals surface area contributed by atoms with Crippen LogP contribution in [-0.2, 0) is 19.6 Å². The highest BCUT2D eigenvalue weighted by Gasteiger charge is 2.31. The second-order valence-corrected chi connectivity index (χ2v) is 6.89. The monoisotopic (exact) mass is 321 g/mol. The lowest BCUT2D eigenvalue weighted by Crippen LogP contribution is -2.44. The molecule has 0 amide bonds. The minimum atomic E-state index is -4.11. The Balaban J connectivity index is 3.15. The Morgan fingerprint density at radius 2 is 2.00 bits per heavy atom. The third-order valence-electron chi connectivity index (χ3n) is 2.50. The van der Waals surface area contributed by atoms with Gasteiger partial charge in [0.05, 0.1) is 7.11 Å². The van der Waals surface area contributed by atoms with Crippen LogP contribution in [0.2, 0.25) is 0 Å². The molecule has 0 aliphatic heterocycles. The molecule has 1 unspecified atom stereocenters. The number of hydrogen-bond donors (Lipinski definition) is 2. The number of carboxylic acid groups (broad SMARTS) is 1. The van der Waals surface area contributed by atoms with E-state index >= 15 is 0 Å². The van der Waals surface area contributed by atoms with Crippen LogP contribution >= 0.6 is 11.3 Å². The fourth-order valence-electron chi connectivity index (χ4n) is 1.45. The largest absolute Gasteiger partial charge is 0.480 e. The number of carbonyl (C=O) groups is 2. The van der Waals surface area contributed by atoms with Crippen LogP contribution in [-0.4, -0.2) is 38.6 Å². The Bertz CT molecular complexity index is 604. The maximum Gasteiger partial charge on any atom is 0.349 e. The Kier molecular flexibility index (Phi) is 5.26. The Morgan fingerprint density at radius 1 is 1.40 bits per heavy atom. The number of nitrogens with one attached hydrogen (secondary N) is 1. The molecule has 9 heteroatoms. The maximum atomic E-state index is 12.2. The first-order valence-electron chi connectivity index (χ1n) is 5.61. The van der Waals surface area contributed by atoms with E-state index in [1.807, 2.05) is 0 Å². The average Bonchev–Trinajstić information content (AvgIpc) is 2.84. The number of thiophene rings is 1. The number of ether oxygens (including phenoxy) is 1. The van der Waals surface area contributed by atoms with Gasteiger partial charge in [-0.2, -0.15) is 4.72 Å². The number of rotatable bonds is 6. The molecule has 1 atom stereocenters. The summed E-state index contributed by atoms with van der Waals surface area (Å²) >= 11 is 0.912. The van der Waals surface area contributed by atoms with Crippen molar-refractivity contribution < 1.29 is 27.9 Å². The predicted molar refractivity (Wildman–Crippen MR) is 72.2 cm³/mol. The van der Waals surface area contributed by atoms with Crippen molar-refractivity contribution in [1.82, 2.24) is 4.72 Å². The van der Waals surface area contributed by atoms with Crippen LogP contribution in [0.1, 0.15) is 23.5 Å². The Morgan fingerprint density at radius 3 is 2.45 bits per heavy atom. The van der Waals surface area contributed by atoms with Crippen LogP contribution in [0.3, 0.4) is 0 Å². The van der Waals surface area contributed by atoms with Crippen molar-refractivity contribution in [2.45, 2.75) is 24.8 Å². The summed E-state index contributed by atoms with van der Waals surface area (Å²) in [6.45, 7) is 3.16. The van der Waals surface area contributed by atoms with Gasteiger partial charge in [0.25, 0.3) is 0 Å². The Hall–Kier alpha value is -1.45. The van der Waals surface area contributed by atoms with Crippen molar-refractivity contribution >= 4 is 33.3 Å². The van der Waals surface area contributed by atoms with E-state index in [9.17, 15) is 18.0 Å². The summed E-state index contributed by atoms with van der Waals surface area (Å²) in [6, 6.07) is -0.0382. The summed E-state index contributed by atoms with van der Waals surface area (Å²) in [5, 5.41) is 10.4. The second kappa shape index (κ2) is 6.33.